The third-order valence-electron chi connectivity index (χ3n) is 3.69. The first-order valence-electron chi connectivity index (χ1n) is 7.57. The highest BCUT2D eigenvalue weighted by atomic mass is 35.5. The SMILES string of the molecule is CS(=O)(=O)N(CCCC(=O)N1CCOCC1)c1cc(Cl)ccc1Cl. The lowest BCUT2D eigenvalue weighted by Gasteiger charge is -2.27. The van der Waals surface area contributed by atoms with Gasteiger partial charge in [0.1, 0.15) is 0 Å². The molecule has 134 valence electrons. The summed E-state index contributed by atoms with van der Waals surface area (Å²) in [5, 5.41) is 0.691. The Morgan fingerprint density at radius 3 is 2.58 bits per heavy atom. The fourth-order valence-corrected chi connectivity index (χ4v) is 3.89. The molecule has 0 atom stereocenters. The molecule has 0 spiro atoms. The zero-order valence-electron chi connectivity index (χ0n) is 13.4. The van der Waals surface area contributed by atoms with Crippen molar-refractivity contribution in [1.29, 1.82) is 0 Å². The van der Waals surface area contributed by atoms with Gasteiger partial charge in [0.2, 0.25) is 15.9 Å². The van der Waals surface area contributed by atoms with Crippen molar-refractivity contribution in [3.8, 4) is 0 Å². The highest BCUT2D eigenvalue weighted by Crippen LogP contribution is 2.30. The van der Waals surface area contributed by atoms with Crippen LogP contribution in [0.25, 0.3) is 0 Å². The third-order valence-corrected chi connectivity index (χ3v) is 5.43. The average molecular weight is 395 g/mol. The van der Waals surface area contributed by atoms with E-state index < -0.39 is 10.0 Å². The van der Waals surface area contributed by atoms with Crippen molar-refractivity contribution < 1.29 is 17.9 Å². The average Bonchev–Trinajstić information content (AvgIpc) is 2.53. The fourth-order valence-electron chi connectivity index (χ4n) is 2.49. The zero-order chi connectivity index (χ0) is 17.7. The molecule has 6 nitrogen and oxygen atoms in total. The minimum Gasteiger partial charge on any atom is -0.378 e. The normalized spacial score (nSPS) is 15.4. The number of rotatable bonds is 6. The van der Waals surface area contributed by atoms with Crippen molar-refractivity contribution in [2.24, 2.45) is 0 Å². The first-order valence-corrected chi connectivity index (χ1v) is 10.2. The summed E-state index contributed by atoms with van der Waals surface area (Å²) in [4.78, 5) is 13.9. The molecule has 0 aliphatic carbocycles. The number of carbonyl (C=O) groups excluding carboxylic acids is 1. The number of hydrogen-bond acceptors (Lipinski definition) is 4. The van der Waals surface area contributed by atoms with E-state index in [1.807, 2.05) is 0 Å². The maximum Gasteiger partial charge on any atom is 0.232 e. The lowest BCUT2D eigenvalue weighted by molar-refractivity contribution is -0.135. The van der Waals surface area contributed by atoms with E-state index in [2.05, 4.69) is 0 Å². The Kier molecular flexibility index (Phi) is 6.74. The van der Waals surface area contributed by atoms with Crippen LogP contribution in [0.15, 0.2) is 18.2 Å². The predicted octanol–water partition coefficient (Wildman–Crippen LogP) is 2.40. The Balaban J connectivity index is 2.02. The lowest BCUT2D eigenvalue weighted by Crippen LogP contribution is -2.41. The van der Waals surface area contributed by atoms with Crippen LogP contribution in [0, 0.1) is 0 Å². The molecule has 0 saturated carbocycles. The highest BCUT2D eigenvalue weighted by Gasteiger charge is 2.22. The number of amides is 1. The molecule has 1 amide bonds. The van der Waals surface area contributed by atoms with Crippen LogP contribution in [0.1, 0.15) is 12.8 Å². The summed E-state index contributed by atoms with van der Waals surface area (Å²) in [5.41, 5.74) is 0.325. The molecule has 1 aromatic rings. The van der Waals surface area contributed by atoms with E-state index in [9.17, 15) is 13.2 Å². The maximum absolute atomic E-state index is 12.1. The number of hydrogen-bond donors (Lipinski definition) is 0. The molecular weight excluding hydrogens is 375 g/mol. The van der Waals surface area contributed by atoms with Gasteiger partial charge in [-0.1, -0.05) is 23.2 Å². The Morgan fingerprint density at radius 2 is 1.96 bits per heavy atom. The summed E-state index contributed by atoms with van der Waals surface area (Å²) in [7, 11) is -3.53. The van der Waals surface area contributed by atoms with E-state index in [4.69, 9.17) is 27.9 Å². The second-order valence-electron chi connectivity index (χ2n) is 5.53. The Hall–Kier alpha value is -1.02. The number of sulfonamides is 1. The van der Waals surface area contributed by atoms with Gasteiger partial charge in [-0.15, -0.1) is 0 Å². The molecule has 9 heteroatoms. The van der Waals surface area contributed by atoms with Gasteiger partial charge in [-0.25, -0.2) is 8.42 Å². The summed E-state index contributed by atoms with van der Waals surface area (Å²) in [5.74, 6) is 0.00365. The van der Waals surface area contributed by atoms with Crippen LogP contribution >= 0.6 is 23.2 Å². The van der Waals surface area contributed by atoms with Gasteiger partial charge in [-0.3, -0.25) is 9.10 Å². The number of anilines is 1. The highest BCUT2D eigenvalue weighted by molar-refractivity contribution is 7.92. The van der Waals surface area contributed by atoms with Gasteiger partial charge in [0.05, 0.1) is 30.2 Å². The predicted molar refractivity (Wildman–Crippen MR) is 95.3 cm³/mol. The van der Waals surface area contributed by atoms with Gasteiger partial charge >= 0.3 is 0 Å². The molecule has 1 heterocycles. The summed E-state index contributed by atoms with van der Waals surface area (Å²) < 4.78 is 30.6. The molecule has 1 aliphatic heterocycles. The molecular formula is C15H20Cl2N2O4S. The topological polar surface area (TPSA) is 66.9 Å². The third kappa shape index (κ3) is 5.24. The standard InChI is InChI=1S/C15H20Cl2N2O4S/c1-24(21,22)19(14-11-12(16)4-5-13(14)17)6-2-3-15(20)18-7-9-23-10-8-18/h4-5,11H,2-3,6-10H2,1H3. The van der Waals surface area contributed by atoms with Gasteiger partial charge in [-0.05, 0) is 24.6 Å². The molecule has 0 aromatic heterocycles. The molecule has 0 bridgehead atoms. The maximum atomic E-state index is 12.1. The molecule has 0 N–H and O–H groups in total. The lowest BCUT2D eigenvalue weighted by atomic mass is 10.2. The number of ether oxygens (including phenoxy) is 1. The first-order chi connectivity index (χ1) is 11.3. The molecule has 0 radical (unpaired) electrons. The second-order valence-corrected chi connectivity index (χ2v) is 8.28. The van der Waals surface area contributed by atoms with E-state index in [0.717, 1.165) is 6.26 Å². The fraction of sp³-hybridized carbons (Fsp3) is 0.533. The van der Waals surface area contributed by atoms with E-state index in [1.54, 1.807) is 17.0 Å². The van der Waals surface area contributed by atoms with Crippen LogP contribution in [0.2, 0.25) is 10.0 Å². The number of halogens is 2. The molecule has 1 aromatic carbocycles. The van der Waals surface area contributed by atoms with Crippen molar-refractivity contribution in [2.45, 2.75) is 12.8 Å². The van der Waals surface area contributed by atoms with Crippen LogP contribution < -0.4 is 4.31 Å². The summed E-state index contributed by atoms with van der Waals surface area (Å²) in [6, 6.07) is 4.65. The Bertz CT molecular complexity index is 691. The van der Waals surface area contributed by atoms with Crippen molar-refractivity contribution in [3.63, 3.8) is 0 Å². The quantitative estimate of drug-likeness (QED) is 0.742. The molecule has 1 fully saturated rings. The monoisotopic (exact) mass is 394 g/mol. The number of morpholine rings is 1. The van der Waals surface area contributed by atoms with E-state index >= 15 is 0 Å². The van der Waals surface area contributed by atoms with Crippen molar-refractivity contribution >= 4 is 44.8 Å². The largest absolute Gasteiger partial charge is 0.378 e. The second kappa shape index (κ2) is 8.38. The van der Waals surface area contributed by atoms with Crippen LogP contribution in [0.3, 0.4) is 0 Å². The summed E-state index contributed by atoms with van der Waals surface area (Å²) >= 11 is 12.1. The van der Waals surface area contributed by atoms with E-state index in [1.165, 1.54) is 10.4 Å². The molecule has 1 aliphatic rings. The number of nitrogens with zero attached hydrogens (tertiary/aromatic N) is 2. The van der Waals surface area contributed by atoms with Crippen molar-refractivity contribution in [1.82, 2.24) is 4.90 Å². The van der Waals surface area contributed by atoms with Gasteiger partial charge in [0.15, 0.2) is 0 Å². The smallest absolute Gasteiger partial charge is 0.232 e. The van der Waals surface area contributed by atoms with E-state index in [0.29, 0.717) is 48.5 Å². The molecule has 24 heavy (non-hydrogen) atoms. The van der Waals surface area contributed by atoms with Gasteiger partial charge in [0.25, 0.3) is 0 Å². The first kappa shape index (κ1) is 19.3. The van der Waals surface area contributed by atoms with Gasteiger partial charge < -0.3 is 9.64 Å². The van der Waals surface area contributed by atoms with Crippen LogP contribution in [0.5, 0.6) is 0 Å². The van der Waals surface area contributed by atoms with Crippen LogP contribution in [-0.4, -0.2) is 58.3 Å². The van der Waals surface area contributed by atoms with Crippen LogP contribution in [0.4, 0.5) is 5.69 Å². The minimum absolute atomic E-state index is 0.00365. The van der Waals surface area contributed by atoms with Gasteiger partial charge in [0, 0.05) is 31.1 Å². The number of benzene rings is 1. The summed E-state index contributed by atoms with van der Waals surface area (Å²) in [6.45, 7) is 2.40. The van der Waals surface area contributed by atoms with Crippen LogP contribution in [-0.2, 0) is 19.6 Å². The van der Waals surface area contributed by atoms with Gasteiger partial charge in [-0.2, -0.15) is 0 Å². The Morgan fingerprint density at radius 1 is 1.29 bits per heavy atom. The zero-order valence-corrected chi connectivity index (χ0v) is 15.7. The number of carbonyl (C=O) groups is 1. The summed E-state index contributed by atoms with van der Waals surface area (Å²) in [6.07, 6.45) is 1.77. The molecule has 1 saturated heterocycles. The van der Waals surface area contributed by atoms with Crippen molar-refractivity contribution in [3.05, 3.63) is 28.2 Å². The van der Waals surface area contributed by atoms with Crippen molar-refractivity contribution in [2.75, 3.05) is 43.4 Å². The Labute approximate surface area is 152 Å². The molecule has 0 unspecified atom stereocenters. The molecule has 2 rings (SSSR count). The van der Waals surface area contributed by atoms with E-state index in [-0.39, 0.29) is 18.9 Å². The minimum atomic E-state index is -3.53.